The van der Waals surface area contributed by atoms with Gasteiger partial charge in [0, 0.05) is 13.1 Å². The molecule has 1 aromatic carbocycles. The molecule has 1 aromatic rings. The minimum atomic E-state index is -0.431. The lowest BCUT2D eigenvalue weighted by Gasteiger charge is -2.29. The van der Waals surface area contributed by atoms with E-state index < -0.39 is 5.60 Å². The van der Waals surface area contributed by atoms with Crippen LogP contribution in [0.25, 0.3) is 5.57 Å². The molecule has 0 atom stereocenters. The summed E-state index contributed by atoms with van der Waals surface area (Å²) in [4.78, 5) is 13.8. The largest absolute Gasteiger partial charge is 0.444 e. The maximum atomic E-state index is 12.1. The Bertz CT molecular complexity index is 576. The molecule has 3 nitrogen and oxygen atoms in total. The molecule has 3 heteroatoms. The second-order valence-electron chi connectivity index (χ2n) is 7.30. The first-order valence-corrected chi connectivity index (χ1v) is 8.20. The molecule has 1 aliphatic carbocycles. The van der Waals surface area contributed by atoms with Crippen molar-refractivity contribution in [1.82, 2.24) is 4.90 Å². The SMILES string of the molecule is CC(C)(C)OC(=O)N1CC=C(c2ccc(C3CC3)cc2)CC1. The highest BCUT2D eigenvalue weighted by Gasteiger charge is 2.25. The van der Waals surface area contributed by atoms with Crippen molar-refractivity contribution in [2.45, 2.75) is 51.6 Å². The van der Waals surface area contributed by atoms with E-state index in [9.17, 15) is 4.79 Å². The van der Waals surface area contributed by atoms with Gasteiger partial charge >= 0.3 is 6.09 Å². The van der Waals surface area contributed by atoms with E-state index in [0.29, 0.717) is 6.54 Å². The van der Waals surface area contributed by atoms with Crippen LogP contribution in [0, 0.1) is 0 Å². The summed E-state index contributed by atoms with van der Waals surface area (Å²) in [6.07, 6.45) is 5.51. The van der Waals surface area contributed by atoms with Gasteiger partial charge in [-0.1, -0.05) is 30.3 Å². The minimum Gasteiger partial charge on any atom is -0.444 e. The van der Waals surface area contributed by atoms with Crippen molar-refractivity contribution < 1.29 is 9.53 Å². The number of ether oxygens (including phenoxy) is 1. The van der Waals surface area contributed by atoms with Crippen LogP contribution in [0.2, 0.25) is 0 Å². The van der Waals surface area contributed by atoms with E-state index in [4.69, 9.17) is 4.74 Å². The maximum Gasteiger partial charge on any atom is 0.410 e. The first-order valence-electron chi connectivity index (χ1n) is 8.20. The third-order valence-electron chi connectivity index (χ3n) is 4.19. The van der Waals surface area contributed by atoms with E-state index in [1.165, 1.54) is 29.5 Å². The zero-order valence-corrected chi connectivity index (χ0v) is 13.8. The Morgan fingerprint density at radius 2 is 1.86 bits per heavy atom. The molecule has 118 valence electrons. The molecule has 1 aliphatic heterocycles. The fourth-order valence-electron chi connectivity index (χ4n) is 2.81. The molecule has 22 heavy (non-hydrogen) atoms. The van der Waals surface area contributed by atoms with Gasteiger partial charge in [-0.3, -0.25) is 0 Å². The quantitative estimate of drug-likeness (QED) is 0.799. The molecule has 1 fully saturated rings. The van der Waals surface area contributed by atoms with Gasteiger partial charge in [0.05, 0.1) is 0 Å². The summed E-state index contributed by atoms with van der Waals surface area (Å²) < 4.78 is 5.42. The van der Waals surface area contributed by atoms with Crippen molar-refractivity contribution in [2.24, 2.45) is 0 Å². The van der Waals surface area contributed by atoms with Gasteiger partial charge in [-0.2, -0.15) is 0 Å². The Balaban J connectivity index is 1.62. The molecule has 1 amide bonds. The van der Waals surface area contributed by atoms with Crippen LogP contribution in [-0.2, 0) is 4.74 Å². The molecule has 0 bridgehead atoms. The van der Waals surface area contributed by atoms with E-state index >= 15 is 0 Å². The van der Waals surface area contributed by atoms with E-state index in [1.807, 2.05) is 20.8 Å². The van der Waals surface area contributed by atoms with Crippen LogP contribution in [-0.4, -0.2) is 29.7 Å². The zero-order chi connectivity index (χ0) is 15.7. The minimum absolute atomic E-state index is 0.216. The Labute approximate surface area is 133 Å². The standard InChI is InChI=1S/C19H25NO2/c1-19(2,3)22-18(21)20-12-10-17(11-13-20)16-8-6-15(7-9-16)14-4-5-14/h6-10,14H,4-5,11-13H2,1-3H3. The molecule has 0 spiro atoms. The normalized spacial score (nSPS) is 18.9. The number of amides is 1. The topological polar surface area (TPSA) is 29.5 Å². The average Bonchev–Trinajstić information content (AvgIpc) is 3.30. The van der Waals surface area contributed by atoms with Gasteiger partial charge in [0.2, 0.25) is 0 Å². The average molecular weight is 299 g/mol. The second-order valence-corrected chi connectivity index (χ2v) is 7.30. The predicted octanol–water partition coefficient (Wildman–Crippen LogP) is 4.59. The number of hydrogen-bond donors (Lipinski definition) is 0. The summed E-state index contributed by atoms with van der Waals surface area (Å²) >= 11 is 0. The van der Waals surface area contributed by atoms with Crippen molar-refractivity contribution in [3.63, 3.8) is 0 Å². The van der Waals surface area contributed by atoms with Gasteiger partial charge in [-0.25, -0.2) is 4.79 Å². The fourth-order valence-corrected chi connectivity index (χ4v) is 2.81. The number of nitrogens with zero attached hydrogens (tertiary/aromatic N) is 1. The highest BCUT2D eigenvalue weighted by molar-refractivity contribution is 5.72. The van der Waals surface area contributed by atoms with E-state index in [1.54, 1.807) is 4.90 Å². The molecule has 0 unspecified atom stereocenters. The summed E-state index contributed by atoms with van der Waals surface area (Å²) in [5.41, 5.74) is 3.66. The summed E-state index contributed by atoms with van der Waals surface area (Å²) in [6, 6.07) is 8.97. The Morgan fingerprint density at radius 1 is 1.18 bits per heavy atom. The van der Waals surface area contributed by atoms with Crippen LogP contribution in [0.4, 0.5) is 4.79 Å². The van der Waals surface area contributed by atoms with Crippen LogP contribution in [0.5, 0.6) is 0 Å². The Kier molecular flexibility index (Phi) is 3.98. The first-order chi connectivity index (χ1) is 10.4. The molecular weight excluding hydrogens is 274 g/mol. The van der Waals surface area contributed by atoms with Crippen molar-refractivity contribution in [3.05, 3.63) is 41.5 Å². The van der Waals surface area contributed by atoms with Gasteiger partial charge < -0.3 is 9.64 Å². The maximum absolute atomic E-state index is 12.1. The predicted molar refractivity (Wildman–Crippen MR) is 88.8 cm³/mol. The highest BCUT2D eigenvalue weighted by atomic mass is 16.6. The third-order valence-corrected chi connectivity index (χ3v) is 4.19. The molecule has 0 aromatic heterocycles. The van der Waals surface area contributed by atoms with Crippen LogP contribution < -0.4 is 0 Å². The van der Waals surface area contributed by atoms with Gasteiger partial charge in [0.15, 0.2) is 0 Å². The van der Waals surface area contributed by atoms with Crippen molar-refractivity contribution in [3.8, 4) is 0 Å². The Hall–Kier alpha value is -1.77. The van der Waals surface area contributed by atoms with Gasteiger partial charge in [-0.05, 0) is 62.7 Å². The van der Waals surface area contributed by atoms with Crippen molar-refractivity contribution in [2.75, 3.05) is 13.1 Å². The summed E-state index contributed by atoms with van der Waals surface area (Å²) in [7, 11) is 0. The summed E-state index contributed by atoms with van der Waals surface area (Å²) in [5, 5.41) is 0. The van der Waals surface area contributed by atoms with Crippen LogP contribution in [0.3, 0.4) is 0 Å². The molecule has 0 radical (unpaired) electrons. The Morgan fingerprint density at radius 3 is 2.36 bits per heavy atom. The van der Waals surface area contributed by atoms with Crippen molar-refractivity contribution in [1.29, 1.82) is 0 Å². The van der Waals surface area contributed by atoms with E-state index in [2.05, 4.69) is 30.3 Å². The molecule has 0 N–H and O–H groups in total. The summed E-state index contributed by atoms with van der Waals surface area (Å²) in [6.45, 7) is 7.06. The fraction of sp³-hybridized carbons (Fsp3) is 0.526. The third kappa shape index (κ3) is 3.70. The van der Waals surface area contributed by atoms with Gasteiger partial charge in [0.1, 0.15) is 5.60 Å². The highest BCUT2D eigenvalue weighted by Crippen LogP contribution is 2.40. The van der Waals surface area contributed by atoms with Gasteiger partial charge in [0.25, 0.3) is 0 Å². The number of rotatable bonds is 2. The number of hydrogen-bond acceptors (Lipinski definition) is 2. The van der Waals surface area contributed by atoms with E-state index in [0.717, 1.165) is 18.9 Å². The summed E-state index contributed by atoms with van der Waals surface area (Å²) in [5.74, 6) is 0.803. The zero-order valence-electron chi connectivity index (χ0n) is 13.8. The van der Waals surface area contributed by atoms with Gasteiger partial charge in [-0.15, -0.1) is 0 Å². The number of carbonyl (C=O) groups is 1. The molecule has 3 rings (SSSR count). The monoisotopic (exact) mass is 299 g/mol. The lowest BCUT2D eigenvalue weighted by Crippen LogP contribution is -2.39. The molecule has 1 heterocycles. The number of carbonyl (C=O) groups excluding carboxylic acids is 1. The first kappa shape index (κ1) is 15.1. The van der Waals surface area contributed by atoms with Crippen LogP contribution in [0.15, 0.2) is 30.3 Å². The second kappa shape index (κ2) is 5.79. The van der Waals surface area contributed by atoms with E-state index in [-0.39, 0.29) is 6.09 Å². The molecule has 2 aliphatic rings. The molecular formula is C19H25NO2. The molecule has 0 saturated heterocycles. The van der Waals surface area contributed by atoms with Crippen LogP contribution in [0.1, 0.15) is 57.1 Å². The van der Waals surface area contributed by atoms with Crippen LogP contribution >= 0.6 is 0 Å². The smallest absolute Gasteiger partial charge is 0.410 e. The number of benzene rings is 1. The lowest BCUT2D eigenvalue weighted by atomic mass is 9.98. The lowest BCUT2D eigenvalue weighted by molar-refractivity contribution is 0.0270. The van der Waals surface area contributed by atoms with Crippen molar-refractivity contribution >= 4 is 11.7 Å². The molecule has 1 saturated carbocycles.